The van der Waals surface area contributed by atoms with Gasteiger partial charge >= 0.3 is 0 Å². The predicted molar refractivity (Wildman–Crippen MR) is 166 cm³/mol. The highest BCUT2D eigenvalue weighted by Crippen LogP contribution is 2.26. The molecule has 2 amide bonds. The Morgan fingerprint density at radius 2 is 1.41 bits per heavy atom. The summed E-state index contributed by atoms with van der Waals surface area (Å²) >= 11 is 0. The molecule has 0 spiro atoms. The van der Waals surface area contributed by atoms with Gasteiger partial charge in [-0.2, -0.15) is 0 Å². The van der Waals surface area contributed by atoms with Crippen molar-refractivity contribution in [3.63, 3.8) is 0 Å². The quantitative estimate of drug-likeness (QED) is 0.279. The molecule has 0 unspecified atom stereocenters. The number of nitrogens with zero attached hydrogens (tertiary/aromatic N) is 2. The first-order chi connectivity index (χ1) is 19.4. The average Bonchev–Trinajstić information content (AvgIpc) is 2.93. The summed E-state index contributed by atoms with van der Waals surface area (Å²) in [5.41, 5.74) is 3.11. The monoisotopic (exact) mass is 577 g/mol. The van der Waals surface area contributed by atoms with Crippen molar-refractivity contribution >= 4 is 27.5 Å². The van der Waals surface area contributed by atoms with Crippen LogP contribution in [0, 0.1) is 0 Å². The standard InChI is InChI=1S/C33H43N3O4S/c1-6-7-22-34-32(38)30(23-26-14-10-8-11-15-26)35(24-27-16-12-9-13-17-27)31(37)25-36(41(5,39)40)29-20-18-28(19-21-29)33(2,3)4/h8-21,30H,6-7,22-25H2,1-5H3,(H,34,38)/t30-/m1/s1. The van der Waals surface area contributed by atoms with Gasteiger partial charge in [0.1, 0.15) is 12.6 Å². The van der Waals surface area contributed by atoms with Crippen LogP contribution in [0.2, 0.25) is 0 Å². The number of nitrogens with one attached hydrogen (secondary N) is 1. The van der Waals surface area contributed by atoms with Gasteiger partial charge in [0.2, 0.25) is 21.8 Å². The number of unbranched alkanes of at least 4 members (excludes halogenated alkanes) is 1. The van der Waals surface area contributed by atoms with Crippen LogP contribution >= 0.6 is 0 Å². The van der Waals surface area contributed by atoms with Crippen LogP contribution in [0.25, 0.3) is 0 Å². The van der Waals surface area contributed by atoms with Gasteiger partial charge in [0.25, 0.3) is 0 Å². The number of carbonyl (C=O) groups excluding carboxylic acids is 2. The molecule has 0 radical (unpaired) electrons. The van der Waals surface area contributed by atoms with Gasteiger partial charge in [0.05, 0.1) is 11.9 Å². The Bertz CT molecular complexity index is 1370. The van der Waals surface area contributed by atoms with Crippen LogP contribution in [0.4, 0.5) is 5.69 Å². The summed E-state index contributed by atoms with van der Waals surface area (Å²) < 4.78 is 27.1. The first kappa shape index (κ1) is 31.9. The molecule has 1 atom stereocenters. The van der Waals surface area contributed by atoms with Crippen LogP contribution in [0.5, 0.6) is 0 Å². The fourth-order valence-electron chi connectivity index (χ4n) is 4.58. The molecule has 7 nitrogen and oxygen atoms in total. The van der Waals surface area contributed by atoms with Crippen LogP contribution in [0.3, 0.4) is 0 Å². The summed E-state index contributed by atoms with van der Waals surface area (Å²) in [6.07, 6.45) is 3.14. The summed E-state index contributed by atoms with van der Waals surface area (Å²) in [7, 11) is -3.80. The van der Waals surface area contributed by atoms with Crippen LogP contribution < -0.4 is 9.62 Å². The molecule has 3 aromatic carbocycles. The summed E-state index contributed by atoms with van der Waals surface area (Å²) in [6.45, 7) is 8.54. The lowest BCUT2D eigenvalue weighted by molar-refractivity contribution is -0.140. The summed E-state index contributed by atoms with van der Waals surface area (Å²) in [5, 5.41) is 3.00. The van der Waals surface area contributed by atoms with Gasteiger partial charge in [-0.05, 0) is 40.7 Å². The van der Waals surface area contributed by atoms with E-state index in [2.05, 4.69) is 26.1 Å². The van der Waals surface area contributed by atoms with Gasteiger partial charge in [-0.1, -0.05) is 107 Å². The summed E-state index contributed by atoms with van der Waals surface area (Å²) in [6, 6.07) is 25.4. The van der Waals surface area contributed by atoms with Crippen molar-refractivity contribution in [1.29, 1.82) is 0 Å². The SMILES string of the molecule is CCCCNC(=O)[C@@H](Cc1ccccc1)N(Cc1ccccc1)C(=O)CN(c1ccc(C(C)(C)C)cc1)S(C)(=O)=O. The zero-order valence-corrected chi connectivity index (χ0v) is 25.7. The Hall–Kier alpha value is -3.65. The van der Waals surface area contributed by atoms with Crippen molar-refractivity contribution in [1.82, 2.24) is 10.2 Å². The third-order valence-corrected chi connectivity index (χ3v) is 8.14. The van der Waals surface area contributed by atoms with E-state index in [-0.39, 0.29) is 17.9 Å². The first-order valence-corrected chi connectivity index (χ1v) is 16.0. The number of anilines is 1. The van der Waals surface area contributed by atoms with E-state index in [1.54, 1.807) is 12.1 Å². The molecule has 3 rings (SSSR count). The smallest absolute Gasteiger partial charge is 0.244 e. The molecule has 0 fully saturated rings. The second-order valence-electron chi connectivity index (χ2n) is 11.4. The largest absolute Gasteiger partial charge is 0.354 e. The van der Waals surface area contributed by atoms with E-state index >= 15 is 0 Å². The number of rotatable bonds is 13. The number of amides is 2. The van der Waals surface area contributed by atoms with Crippen molar-refractivity contribution in [2.75, 3.05) is 23.7 Å². The maximum atomic E-state index is 14.1. The van der Waals surface area contributed by atoms with Gasteiger partial charge in [-0.15, -0.1) is 0 Å². The second-order valence-corrected chi connectivity index (χ2v) is 13.3. The highest BCUT2D eigenvalue weighted by atomic mass is 32.2. The minimum Gasteiger partial charge on any atom is -0.354 e. The lowest BCUT2D eigenvalue weighted by atomic mass is 9.87. The van der Waals surface area contributed by atoms with E-state index in [0.29, 0.717) is 18.7 Å². The van der Waals surface area contributed by atoms with Crippen molar-refractivity contribution in [2.24, 2.45) is 0 Å². The molecule has 0 saturated heterocycles. The Morgan fingerprint density at radius 3 is 1.93 bits per heavy atom. The number of hydrogen-bond donors (Lipinski definition) is 1. The molecule has 0 aliphatic heterocycles. The van der Waals surface area contributed by atoms with Gasteiger partial charge < -0.3 is 10.2 Å². The highest BCUT2D eigenvalue weighted by molar-refractivity contribution is 7.92. The minimum atomic E-state index is -3.80. The Morgan fingerprint density at radius 1 is 0.854 bits per heavy atom. The van der Waals surface area contributed by atoms with E-state index in [9.17, 15) is 18.0 Å². The molecule has 3 aromatic rings. The molecule has 0 heterocycles. The molecule has 0 saturated carbocycles. The fourth-order valence-corrected chi connectivity index (χ4v) is 5.43. The molecule has 220 valence electrons. The molecule has 1 N–H and O–H groups in total. The van der Waals surface area contributed by atoms with Crippen molar-refractivity contribution in [2.45, 2.75) is 65.0 Å². The third-order valence-electron chi connectivity index (χ3n) is 7.00. The van der Waals surface area contributed by atoms with Gasteiger partial charge in [0, 0.05) is 19.5 Å². The zero-order chi connectivity index (χ0) is 30.0. The predicted octanol–water partition coefficient (Wildman–Crippen LogP) is 5.31. The second kappa shape index (κ2) is 14.3. The lowest BCUT2D eigenvalue weighted by Gasteiger charge is -2.33. The average molecular weight is 578 g/mol. The van der Waals surface area contributed by atoms with Gasteiger partial charge in [-0.25, -0.2) is 8.42 Å². The molecule has 0 aliphatic carbocycles. The topological polar surface area (TPSA) is 86.8 Å². The van der Waals surface area contributed by atoms with E-state index in [4.69, 9.17) is 0 Å². The van der Waals surface area contributed by atoms with Crippen LogP contribution in [-0.4, -0.2) is 50.5 Å². The first-order valence-electron chi connectivity index (χ1n) is 14.1. The van der Waals surface area contributed by atoms with Crippen LogP contribution in [0.1, 0.15) is 57.2 Å². The van der Waals surface area contributed by atoms with Crippen molar-refractivity contribution in [3.8, 4) is 0 Å². The lowest BCUT2D eigenvalue weighted by Crippen LogP contribution is -2.53. The van der Waals surface area contributed by atoms with E-state index in [0.717, 1.165) is 40.1 Å². The Balaban J connectivity index is 2.01. The molecular formula is C33H43N3O4S. The molecular weight excluding hydrogens is 534 g/mol. The van der Waals surface area contributed by atoms with Gasteiger partial charge in [-0.3, -0.25) is 13.9 Å². The fraction of sp³-hybridized carbons (Fsp3) is 0.394. The normalized spacial score (nSPS) is 12.4. The molecule has 0 bridgehead atoms. The van der Waals surface area contributed by atoms with Gasteiger partial charge in [0.15, 0.2) is 0 Å². The number of benzene rings is 3. The van der Waals surface area contributed by atoms with E-state index in [1.165, 1.54) is 4.90 Å². The minimum absolute atomic E-state index is 0.105. The number of carbonyl (C=O) groups is 2. The molecule has 0 aromatic heterocycles. The Kier molecular flexibility index (Phi) is 11.1. The number of hydrogen-bond acceptors (Lipinski definition) is 4. The Labute approximate surface area is 245 Å². The van der Waals surface area contributed by atoms with E-state index in [1.807, 2.05) is 79.7 Å². The maximum Gasteiger partial charge on any atom is 0.244 e. The molecule has 41 heavy (non-hydrogen) atoms. The highest BCUT2D eigenvalue weighted by Gasteiger charge is 2.33. The zero-order valence-electron chi connectivity index (χ0n) is 24.8. The molecule has 0 aliphatic rings. The maximum absolute atomic E-state index is 14.1. The van der Waals surface area contributed by atoms with Crippen LogP contribution in [0.15, 0.2) is 84.9 Å². The summed E-state index contributed by atoms with van der Waals surface area (Å²) in [5.74, 6) is -0.710. The van der Waals surface area contributed by atoms with Crippen molar-refractivity contribution in [3.05, 3.63) is 102 Å². The van der Waals surface area contributed by atoms with Crippen molar-refractivity contribution < 1.29 is 18.0 Å². The summed E-state index contributed by atoms with van der Waals surface area (Å²) in [4.78, 5) is 29.2. The molecule has 8 heteroatoms. The van der Waals surface area contributed by atoms with E-state index < -0.39 is 28.5 Å². The van der Waals surface area contributed by atoms with Crippen LogP contribution in [-0.2, 0) is 38.0 Å². The third kappa shape index (κ3) is 9.46. The number of sulfonamides is 1.